The van der Waals surface area contributed by atoms with Gasteiger partial charge in [0.15, 0.2) is 0 Å². The Morgan fingerprint density at radius 2 is 2.33 bits per heavy atom. The average Bonchev–Trinajstić information content (AvgIpc) is 1.97. The van der Waals surface area contributed by atoms with E-state index in [2.05, 4.69) is 0 Å². The van der Waals surface area contributed by atoms with E-state index in [-0.39, 0.29) is 11.4 Å². The zero-order chi connectivity index (χ0) is 7.07. The van der Waals surface area contributed by atoms with Crippen LogP contribution in [0.4, 0.5) is 0 Å². The van der Waals surface area contributed by atoms with Gasteiger partial charge in [-0.15, -0.1) is 0 Å². The summed E-state index contributed by atoms with van der Waals surface area (Å²) in [6, 6.07) is -0.433. The molecule has 0 saturated carbocycles. The minimum atomic E-state index is -0.433. The first-order chi connectivity index (χ1) is 4.04. The highest BCUT2D eigenvalue weighted by Crippen LogP contribution is 2.26. The Bertz CT molecular complexity index is 142. The molecule has 0 amide bonds. The molecule has 3 heteroatoms. The third-order valence-electron chi connectivity index (χ3n) is 1.68. The molecule has 0 aliphatic carbocycles. The maximum absolute atomic E-state index is 10.6. The summed E-state index contributed by atoms with van der Waals surface area (Å²) >= 11 is 0. The fraction of sp³-hybridized carbons (Fsp3) is 0.833. The second-order valence-corrected chi connectivity index (χ2v) is 3.07. The third kappa shape index (κ3) is 0.920. The molecule has 0 aromatic heterocycles. The number of rotatable bonds is 0. The summed E-state index contributed by atoms with van der Waals surface area (Å²) < 4.78 is 4.72. The van der Waals surface area contributed by atoms with Crippen LogP contribution in [0.1, 0.15) is 13.8 Å². The van der Waals surface area contributed by atoms with Crippen LogP contribution >= 0.6 is 0 Å². The zero-order valence-corrected chi connectivity index (χ0v) is 5.68. The van der Waals surface area contributed by atoms with Crippen LogP contribution < -0.4 is 5.73 Å². The Hall–Kier alpha value is -0.570. The van der Waals surface area contributed by atoms with E-state index in [1.54, 1.807) is 0 Å². The van der Waals surface area contributed by atoms with Crippen LogP contribution in [0.25, 0.3) is 0 Å². The van der Waals surface area contributed by atoms with Gasteiger partial charge in [0.2, 0.25) is 0 Å². The average molecular weight is 129 g/mol. The summed E-state index contributed by atoms with van der Waals surface area (Å²) in [4.78, 5) is 10.6. The summed E-state index contributed by atoms with van der Waals surface area (Å²) in [7, 11) is 0. The topological polar surface area (TPSA) is 52.3 Å². The molecule has 3 nitrogen and oxygen atoms in total. The monoisotopic (exact) mass is 129 g/mol. The van der Waals surface area contributed by atoms with E-state index in [0.717, 1.165) is 0 Å². The molecular formula is C6H11NO2. The molecule has 1 atom stereocenters. The lowest BCUT2D eigenvalue weighted by atomic mass is 9.88. The number of carbonyl (C=O) groups excluding carboxylic acids is 1. The quantitative estimate of drug-likeness (QED) is 0.464. The number of ether oxygens (including phenoxy) is 1. The van der Waals surface area contributed by atoms with E-state index in [4.69, 9.17) is 10.5 Å². The van der Waals surface area contributed by atoms with Crippen molar-refractivity contribution in [1.82, 2.24) is 0 Å². The summed E-state index contributed by atoms with van der Waals surface area (Å²) in [5.41, 5.74) is 5.31. The molecule has 0 radical (unpaired) electrons. The summed E-state index contributed by atoms with van der Waals surface area (Å²) in [5, 5.41) is 0. The Kier molecular flexibility index (Phi) is 1.24. The number of cyclic esters (lactones) is 1. The van der Waals surface area contributed by atoms with Gasteiger partial charge in [-0.2, -0.15) is 0 Å². The number of hydrogen-bond donors (Lipinski definition) is 1. The van der Waals surface area contributed by atoms with E-state index in [0.29, 0.717) is 6.61 Å². The van der Waals surface area contributed by atoms with E-state index in [1.807, 2.05) is 13.8 Å². The van der Waals surface area contributed by atoms with E-state index in [9.17, 15) is 4.79 Å². The van der Waals surface area contributed by atoms with Crippen molar-refractivity contribution in [2.45, 2.75) is 19.9 Å². The molecule has 1 fully saturated rings. The molecule has 52 valence electrons. The molecule has 0 spiro atoms. The molecule has 9 heavy (non-hydrogen) atoms. The molecule has 1 aliphatic heterocycles. The second-order valence-electron chi connectivity index (χ2n) is 3.07. The molecule has 1 saturated heterocycles. The Labute approximate surface area is 54.2 Å². The van der Waals surface area contributed by atoms with Crippen molar-refractivity contribution in [1.29, 1.82) is 0 Å². The number of hydrogen-bond acceptors (Lipinski definition) is 3. The highest BCUT2D eigenvalue weighted by molar-refractivity contribution is 5.78. The summed E-state index contributed by atoms with van der Waals surface area (Å²) in [5.74, 6) is -0.278. The fourth-order valence-electron chi connectivity index (χ4n) is 0.756. The van der Waals surface area contributed by atoms with Gasteiger partial charge in [-0.05, 0) is 0 Å². The largest absolute Gasteiger partial charge is 0.464 e. The number of carbonyl (C=O) groups is 1. The predicted octanol–water partition coefficient (Wildman–Crippen LogP) is -0.103. The van der Waals surface area contributed by atoms with Crippen LogP contribution in [0.15, 0.2) is 0 Å². The lowest BCUT2D eigenvalue weighted by Gasteiger charge is -2.16. The van der Waals surface area contributed by atoms with Crippen molar-refractivity contribution in [2.75, 3.05) is 6.61 Å². The van der Waals surface area contributed by atoms with Crippen molar-refractivity contribution in [3.8, 4) is 0 Å². The van der Waals surface area contributed by atoms with Gasteiger partial charge in [-0.3, -0.25) is 4.79 Å². The van der Waals surface area contributed by atoms with E-state index >= 15 is 0 Å². The lowest BCUT2D eigenvalue weighted by molar-refractivity contribution is -0.139. The summed E-state index contributed by atoms with van der Waals surface area (Å²) in [6.45, 7) is 4.29. The van der Waals surface area contributed by atoms with Crippen molar-refractivity contribution in [3.63, 3.8) is 0 Å². The molecule has 0 bridgehead atoms. The van der Waals surface area contributed by atoms with Gasteiger partial charge in [-0.1, -0.05) is 13.8 Å². The molecule has 1 heterocycles. The Balaban J connectivity index is 2.73. The van der Waals surface area contributed by atoms with E-state index in [1.165, 1.54) is 0 Å². The molecule has 1 aliphatic rings. The number of nitrogens with two attached hydrogens (primary N) is 1. The smallest absolute Gasteiger partial charge is 0.323 e. The van der Waals surface area contributed by atoms with Crippen molar-refractivity contribution in [2.24, 2.45) is 11.1 Å². The van der Waals surface area contributed by atoms with Crippen LogP contribution in [-0.2, 0) is 9.53 Å². The second kappa shape index (κ2) is 1.70. The first-order valence-electron chi connectivity index (χ1n) is 2.96. The van der Waals surface area contributed by atoms with Crippen LogP contribution in [0, 0.1) is 5.41 Å². The summed E-state index contributed by atoms with van der Waals surface area (Å²) in [6.07, 6.45) is 0. The van der Waals surface area contributed by atoms with Crippen molar-refractivity contribution in [3.05, 3.63) is 0 Å². The minimum Gasteiger partial charge on any atom is -0.464 e. The van der Waals surface area contributed by atoms with Crippen LogP contribution in [-0.4, -0.2) is 18.6 Å². The Morgan fingerprint density at radius 1 is 1.78 bits per heavy atom. The zero-order valence-electron chi connectivity index (χ0n) is 5.68. The highest BCUT2D eigenvalue weighted by atomic mass is 16.5. The van der Waals surface area contributed by atoms with Gasteiger partial charge in [0.05, 0.1) is 6.61 Å². The van der Waals surface area contributed by atoms with Crippen molar-refractivity contribution >= 4 is 5.97 Å². The molecular weight excluding hydrogens is 118 g/mol. The Morgan fingerprint density at radius 3 is 2.44 bits per heavy atom. The molecule has 0 aromatic rings. The van der Waals surface area contributed by atoms with Crippen LogP contribution in [0.5, 0.6) is 0 Å². The van der Waals surface area contributed by atoms with E-state index < -0.39 is 6.04 Å². The van der Waals surface area contributed by atoms with Gasteiger partial charge in [0.1, 0.15) is 6.04 Å². The predicted molar refractivity (Wildman–Crippen MR) is 32.7 cm³/mol. The molecule has 2 N–H and O–H groups in total. The van der Waals surface area contributed by atoms with Crippen molar-refractivity contribution < 1.29 is 9.53 Å². The normalized spacial score (nSPS) is 32.3. The molecule has 0 aromatic carbocycles. The minimum absolute atomic E-state index is 0.170. The molecule has 0 unspecified atom stereocenters. The third-order valence-corrected chi connectivity index (χ3v) is 1.68. The lowest BCUT2D eigenvalue weighted by Crippen LogP contribution is -2.38. The maximum atomic E-state index is 10.6. The van der Waals surface area contributed by atoms with Crippen LogP contribution in [0.3, 0.4) is 0 Å². The first kappa shape index (κ1) is 6.55. The van der Waals surface area contributed by atoms with Gasteiger partial charge >= 0.3 is 5.97 Å². The standard InChI is InChI=1S/C6H11NO2/c1-6(2)3-9-5(8)4(6)7/h4H,3,7H2,1-2H3/t4-/m1/s1. The van der Waals surface area contributed by atoms with Gasteiger partial charge in [0, 0.05) is 5.41 Å². The highest BCUT2D eigenvalue weighted by Gasteiger charge is 2.40. The van der Waals surface area contributed by atoms with Gasteiger partial charge in [0.25, 0.3) is 0 Å². The SMILES string of the molecule is CC1(C)COC(=O)[C@H]1N. The number of esters is 1. The maximum Gasteiger partial charge on any atom is 0.323 e. The molecule has 1 rings (SSSR count). The van der Waals surface area contributed by atoms with Crippen LogP contribution in [0.2, 0.25) is 0 Å². The van der Waals surface area contributed by atoms with Gasteiger partial charge in [-0.25, -0.2) is 0 Å². The first-order valence-corrected chi connectivity index (χ1v) is 2.96. The fourth-order valence-corrected chi connectivity index (χ4v) is 0.756. The van der Waals surface area contributed by atoms with Gasteiger partial charge < -0.3 is 10.5 Å².